The predicted molar refractivity (Wildman–Crippen MR) is 120 cm³/mol. The fourth-order valence-corrected chi connectivity index (χ4v) is 4.68. The third kappa shape index (κ3) is 4.10. The third-order valence-electron chi connectivity index (χ3n) is 6.55. The van der Waals surface area contributed by atoms with Gasteiger partial charge in [-0.15, -0.1) is 0 Å². The number of fused-ring (bicyclic) bond motifs is 1. The number of carbonyl (C=O) groups is 1. The molecule has 3 aromatic rings. The zero-order valence-corrected chi connectivity index (χ0v) is 17.9. The molecule has 1 amide bonds. The van der Waals surface area contributed by atoms with E-state index in [1.165, 1.54) is 33.2 Å². The Labute approximate surface area is 174 Å². The van der Waals surface area contributed by atoms with Crippen LogP contribution in [0.1, 0.15) is 61.3 Å². The summed E-state index contributed by atoms with van der Waals surface area (Å²) in [6.45, 7) is 8.39. The highest BCUT2D eigenvalue weighted by Crippen LogP contribution is 2.35. The van der Waals surface area contributed by atoms with Crippen LogP contribution in [0.5, 0.6) is 0 Å². The lowest BCUT2D eigenvalue weighted by atomic mass is 9.86. The van der Waals surface area contributed by atoms with E-state index in [9.17, 15) is 4.79 Å². The Bertz CT molecular complexity index is 995. The Morgan fingerprint density at radius 2 is 1.93 bits per heavy atom. The second-order valence-electron chi connectivity index (χ2n) is 8.67. The minimum atomic E-state index is 0.0719. The minimum absolute atomic E-state index is 0.0719. The van der Waals surface area contributed by atoms with Crippen molar-refractivity contribution in [2.45, 2.75) is 52.4 Å². The third-order valence-corrected chi connectivity index (χ3v) is 6.55. The van der Waals surface area contributed by atoms with E-state index < -0.39 is 0 Å². The van der Waals surface area contributed by atoms with E-state index in [0.29, 0.717) is 6.42 Å². The number of aromatic amines is 1. The van der Waals surface area contributed by atoms with Crippen molar-refractivity contribution in [3.63, 3.8) is 0 Å². The van der Waals surface area contributed by atoms with E-state index in [2.05, 4.69) is 79.3 Å². The Kier molecular flexibility index (Phi) is 5.75. The second-order valence-corrected chi connectivity index (χ2v) is 8.67. The molecule has 0 radical (unpaired) electrons. The van der Waals surface area contributed by atoms with Crippen molar-refractivity contribution < 1.29 is 4.79 Å². The highest BCUT2D eigenvalue weighted by Gasteiger charge is 2.26. The molecule has 0 spiro atoms. The number of nitrogens with zero attached hydrogens (tertiary/aromatic N) is 1. The van der Waals surface area contributed by atoms with Crippen LogP contribution in [0.15, 0.2) is 48.7 Å². The zero-order chi connectivity index (χ0) is 20.4. The largest absolute Gasteiger partial charge is 0.361 e. The molecular formula is C26H32N2O. The number of aromatic nitrogens is 1. The molecular weight excluding hydrogens is 356 g/mol. The molecule has 2 heterocycles. The zero-order valence-electron chi connectivity index (χ0n) is 17.9. The summed E-state index contributed by atoms with van der Waals surface area (Å²) in [5.74, 6) is 1.08. The average molecular weight is 389 g/mol. The first-order valence-electron chi connectivity index (χ1n) is 11.0. The van der Waals surface area contributed by atoms with Crippen LogP contribution in [-0.2, 0) is 11.2 Å². The van der Waals surface area contributed by atoms with Crippen molar-refractivity contribution >= 4 is 16.8 Å². The Morgan fingerprint density at radius 1 is 1.17 bits per heavy atom. The smallest absolute Gasteiger partial charge is 0.223 e. The van der Waals surface area contributed by atoms with E-state index in [1.54, 1.807) is 0 Å². The number of H-pyrrole nitrogens is 1. The summed E-state index contributed by atoms with van der Waals surface area (Å²) in [5.41, 5.74) is 6.24. The standard InChI is InChI=1S/C26H32N2O/c1-4-20-8-6-10-22-24(17-27-26(20)22)23(21-9-5-7-19(3)15-21)16-25(29)28-13-11-18(2)12-14-28/h5-10,15,17-18,23,27H,4,11-14,16H2,1-3H3/t23-/m1/s1. The van der Waals surface area contributed by atoms with Crippen molar-refractivity contribution in [2.24, 2.45) is 5.92 Å². The van der Waals surface area contributed by atoms with Gasteiger partial charge in [-0.3, -0.25) is 4.79 Å². The van der Waals surface area contributed by atoms with Crippen LogP contribution in [0, 0.1) is 12.8 Å². The highest BCUT2D eigenvalue weighted by molar-refractivity contribution is 5.88. The maximum absolute atomic E-state index is 13.2. The number of aryl methyl sites for hydroxylation is 2. The SMILES string of the molecule is CCc1cccc2c([C@H](CC(=O)N3CCC(C)CC3)c3cccc(C)c3)c[nH]c12. The number of likely N-dealkylation sites (tertiary alicyclic amines) is 1. The van der Waals surface area contributed by atoms with Crippen LogP contribution < -0.4 is 0 Å². The first-order chi connectivity index (χ1) is 14.1. The maximum Gasteiger partial charge on any atom is 0.223 e. The monoisotopic (exact) mass is 388 g/mol. The molecule has 1 aromatic heterocycles. The molecule has 0 saturated carbocycles. The Morgan fingerprint density at radius 3 is 2.66 bits per heavy atom. The van der Waals surface area contributed by atoms with E-state index >= 15 is 0 Å². The molecule has 1 fully saturated rings. The van der Waals surface area contributed by atoms with Crippen molar-refractivity contribution in [1.29, 1.82) is 0 Å². The van der Waals surface area contributed by atoms with Crippen LogP contribution in [0.25, 0.3) is 10.9 Å². The summed E-state index contributed by atoms with van der Waals surface area (Å²) < 4.78 is 0. The molecule has 1 aliphatic rings. The van der Waals surface area contributed by atoms with Crippen LogP contribution in [-0.4, -0.2) is 28.9 Å². The molecule has 1 atom stereocenters. The van der Waals surface area contributed by atoms with Crippen LogP contribution in [0.4, 0.5) is 0 Å². The molecule has 3 nitrogen and oxygen atoms in total. The molecule has 2 aromatic carbocycles. The highest BCUT2D eigenvalue weighted by atomic mass is 16.2. The molecule has 3 heteroatoms. The first-order valence-corrected chi connectivity index (χ1v) is 11.0. The number of benzene rings is 2. The molecule has 0 bridgehead atoms. The van der Waals surface area contributed by atoms with Gasteiger partial charge in [0.05, 0.1) is 0 Å². The van der Waals surface area contributed by atoms with Crippen LogP contribution >= 0.6 is 0 Å². The van der Waals surface area contributed by atoms with Crippen molar-refractivity contribution in [3.05, 3.63) is 70.9 Å². The lowest BCUT2D eigenvalue weighted by molar-refractivity contribution is -0.132. The summed E-state index contributed by atoms with van der Waals surface area (Å²) >= 11 is 0. The number of piperidine rings is 1. The Hall–Kier alpha value is -2.55. The lowest BCUT2D eigenvalue weighted by Gasteiger charge is -2.31. The van der Waals surface area contributed by atoms with Gasteiger partial charge in [-0.2, -0.15) is 0 Å². The Balaban J connectivity index is 1.71. The topological polar surface area (TPSA) is 36.1 Å². The van der Waals surface area contributed by atoms with Crippen LogP contribution in [0.2, 0.25) is 0 Å². The molecule has 29 heavy (non-hydrogen) atoms. The molecule has 4 rings (SSSR count). The van der Waals surface area contributed by atoms with Gasteiger partial charge in [-0.25, -0.2) is 0 Å². The molecule has 1 saturated heterocycles. The number of rotatable bonds is 5. The quantitative estimate of drug-likeness (QED) is 0.587. The van der Waals surface area contributed by atoms with E-state index in [1.807, 2.05) is 0 Å². The normalized spacial score (nSPS) is 16.3. The van der Waals surface area contributed by atoms with Gasteiger partial charge in [0, 0.05) is 42.5 Å². The van der Waals surface area contributed by atoms with Crippen molar-refractivity contribution in [3.8, 4) is 0 Å². The number of carbonyl (C=O) groups excluding carboxylic acids is 1. The number of amides is 1. The van der Waals surface area contributed by atoms with E-state index in [0.717, 1.165) is 38.3 Å². The van der Waals surface area contributed by atoms with E-state index in [-0.39, 0.29) is 11.8 Å². The van der Waals surface area contributed by atoms with Gasteiger partial charge in [0.15, 0.2) is 0 Å². The van der Waals surface area contributed by atoms with Gasteiger partial charge in [0.25, 0.3) is 0 Å². The van der Waals surface area contributed by atoms with Gasteiger partial charge in [0.1, 0.15) is 0 Å². The fourth-order valence-electron chi connectivity index (χ4n) is 4.68. The number of hydrogen-bond donors (Lipinski definition) is 1. The molecule has 0 aliphatic carbocycles. The number of nitrogens with one attached hydrogen (secondary N) is 1. The number of hydrogen-bond acceptors (Lipinski definition) is 1. The van der Waals surface area contributed by atoms with Gasteiger partial charge in [0.2, 0.25) is 5.91 Å². The maximum atomic E-state index is 13.2. The molecule has 1 aliphatic heterocycles. The molecule has 152 valence electrons. The average Bonchev–Trinajstić information content (AvgIpc) is 3.16. The summed E-state index contributed by atoms with van der Waals surface area (Å²) in [5, 5.41) is 1.25. The van der Waals surface area contributed by atoms with Gasteiger partial charge in [-0.05, 0) is 48.8 Å². The summed E-state index contributed by atoms with van der Waals surface area (Å²) in [6, 6.07) is 15.2. The van der Waals surface area contributed by atoms with Crippen LogP contribution in [0.3, 0.4) is 0 Å². The van der Waals surface area contributed by atoms with Crippen molar-refractivity contribution in [2.75, 3.05) is 13.1 Å². The summed E-state index contributed by atoms with van der Waals surface area (Å²) in [6.07, 6.45) is 5.89. The molecule has 0 unspecified atom stereocenters. The molecule has 1 N–H and O–H groups in total. The van der Waals surface area contributed by atoms with Crippen molar-refractivity contribution in [1.82, 2.24) is 9.88 Å². The first kappa shape index (κ1) is 19.8. The fraction of sp³-hybridized carbons (Fsp3) is 0.423. The lowest BCUT2D eigenvalue weighted by Crippen LogP contribution is -2.38. The van der Waals surface area contributed by atoms with Gasteiger partial charge in [-0.1, -0.05) is 61.9 Å². The summed E-state index contributed by atoms with van der Waals surface area (Å²) in [4.78, 5) is 18.8. The van der Waals surface area contributed by atoms with E-state index in [4.69, 9.17) is 0 Å². The van der Waals surface area contributed by atoms with Gasteiger partial charge >= 0.3 is 0 Å². The second kappa shape index (κ2) is 8.44. The van der Waals surface area contributed by atoms with Gasteiger partial charge < -0.3 is 9.88 Å². The summed E-state index contributed by atoms with van der Waals surface area (Å²) in [7, 11) is 0. The predicted octanol–water partition coefficient (Wildman–Crippen LogP) is 5.82. The number of para-hydroxylation sites is 1. The minimum Gasteiger partial charge on any atom is -0.361 e.